The molecule has 0 amide bonds. The highest BCUT2D eigenvalue weighted by atomic mass is 35.5. The first kappa shape index (κ1) is 13.1. The van der Waals surface area contributed by atoms with Crippen LogP contribution in [0.2, 0.25) is 5.02 Å². The van der Waals surface area contributed by atoms with Crippen LogP contribution in [-0.4, -0.2) is 16.8 Å². The van der Waals surface area contributed by atoms with Gasteiger partial charge in [-0.1, -0.05) is 36.7 Å². The van der Waals surface area contributed by atoms with Gasteiger partial charge in [0, 0.05) is 16.2 Å². The monoisotopic (exact) mass is 256 g/mol. The van der Waals surface area contributed by atoms with Crippen molar-refractivity contribution >= 4 is 29.3 Å². The third-order valence-corrected chi connectivity index (χ3v) is 3.50. The molecule has 0 heterocycles. The molecule has 0 aliphatic carbocycles. The molecule has 0 aliphatic heterocycles. The normalized spacial score (nSPS) is 11.5. The van der Waals surface area contributed by atoms with Crippen LogP contribution in [0.15, 0.2) is 40.8 Å². The van der Waals surface area contributed by atoms with Crippen LogP contribution < -0.4 is 0 Å². The Balaban J connectivity index is 2.59. The molecule has 0 unspecified atom stereocenters. The summed E-state index contributed by atoms with van der Waals surface area (Å²) < 4.78 is 0. The summed E-state index contributed by atoms with van der Waals surface area (Å²) in [4.78, 5) is 11.7. The highest BCUT2D eigenvalue weighted by Crippen LogP contribution is 2.26. The number of benzene rings is 1. The van der Waals surface area contributed by atoms with Crippen LogP contribution in [0.5, 0.6) is 0 Å². The van der Waals surface area contributed by atoms with E-state index >= 15 is 0 Å². The first-order valence-corrected chi connectivity index (χ1v) is 6.31. The first-order chi connectivity index (χ1) is 7.65. The van der Waals surface area contributed by atoms with E-state index in [2.05, 4.69) is 0 Å². The zero-order valence-electron chi connectivity index (χ0n) is 8.94. The Bertz CT molecular complexity index is 402. The maximum atomic E-state index is 10.7. The molecule has 16 heavy (non-hydrogen) atoms. The molecule has 0 radical (unpaired) electrons. The molecule has 1 aromatic carbocycles. The molecule has 0 saturated heterocycles. The van der Waals surface area contributed by atoms with Gasteiger partial charge in [-0.25, -0.2) is 4.79 Å². The summed E-state index contributed by atoms with van der Waals surface area (Å²) >= 11 is 7.51. The molecule has 4 heteroatoms. The number of aliphatic carboxylic acids is 1. The van der Waals surface area contributed by atoms with E-state index in [0.717, 1.165) is 4.90 Å². The van der Waals surface area contributed by atoms with Crippen molar-refractivity contribution in [2.45, 2.75) is 18.2 Å². The van der Waals surface area contributed by atoms with Gasteiger partial charge in [-0.3, -0.25) is 0 Å². The number of carbonyl (C=O) groups is 1. The lowest BCUT2D eigenvalue weighted by Gasteiger charge is -2.01. The number of carboxylic acid groups (broad SMARTS) is 1. The number of halogens is 1. The van der Waals surface area contributed by atoms with Crippen molar-refractivity contribution < 1.29 is 9.90 Å². The van der Waals surface area contributed by atoms with E-state index in [-0.39, 0.29) is 0 Å². The van der Waals surface area contributed by atoms with E-state index in [0.29, 0.717) is 22.8 Å². The zero-order valence-corrected chi connectivity index (χ0v) is 10.5. The molecule has 86 valence electrons. The van der Waals surface area contributed by atoms with E-state index in [1.54, 1.807) is 6.08 Å². The summed E-state index contributed by atoms with van der Waals surface area (Å²) in [5, 5.41) is 9.52. The van der Waals surface area contributed by atoms with Crippen LogP contribution in [0, 0.1) is 0 Å². The minimum Gasteiger partial charge on any atom is -0.478 e. The van der Waals surface area contributed by atoms with E-state index in [1.807, 2.05) is 31.2 Å². The van der Waals surface area contributed by atoms with Gasteiger partial charge in [0.15, 0.2) is 0 Å². The highest BCUT2D eigenvalue weighted by Gasteiger charge is 2.04. The number of carboxylic acids is 1. The van der Waals surface area contributed by atoms with E-state index in [1.165, 1.54) is 11.8 Å². The third-order valence-electron chi connectivity index (χ3n) is 2.06. The van der Waals surface area contributed by atoms with Gasteiger partial charge < -0.3 is 5.11 Å². The molecule has 0 aromatic heterocycles. The Kier molecular flexibility index (Phi) is 5.43. The molecule has 1 rings (SSSR count). The van der Waals surface area contributed by atoms with Crippen molar-refractivity contribution in [3.8, 4) is 0 Å². The minimum atomic E-state index is -0.845. The molecule has 0 spiro atoms. The van der Waals surface area contributed by atoms with Gasteiger partial charge in [0.05, 0.1) is 5.02 Å². The Morgan fingerprint density at radius 2 is 2.19 bits per heavy atom. The molecule has 2 nitrogen and oxygen atoms in total. The Hall–Kier alpha value is -0.930. The SMILES string of the molecule is CCC(=CCSc1ccccc1Cl)C(=O)O. The fourth-order valence-corrected chi connectivity index (χ4v) is 2.32. The average molecular weight is 257 g/mol. The van der Waals surface area contributed by atoms with E-state index < -0.39 is 5.97 Å². The summed E-state index contributed by atoms with van der Waals surface area (Å²) in [6.45, 7) is 1.83. The standard InChI is InChI=1S/C12H13ClO2S/c1-2-9(12(14)15)7-8-16-11-6-4-3-5-10(11)13/h3-7H,2,8H2,1H3,(H,14,15). The van der Waals surface area contributed by atoms with Crippen molar-refractivity contribution in [1.82, 2.24) is 0 Å². The van der Waals surface area contributed by atoms with Crippen molar-refractivity contribution in [1.29, 1.82) is 0 Å². The second-order valence-corrected chi connectivity index (χ2v) is 4.60. The summed E-state index contributed by atoms with van der Waals surface area (Å²) in [7, 11) is 0. The summed E-state index contributed by atoms with van der Waals surface area (Å²) in [5.41, 5.74) is 0.444. The largest absolute Gasteiger partial charge is 0.478 e. The molecule has 0 atom stereocenters. The van der Waals surface area contributed by atoms with Gasteiger partial charge in [-0.05, 0) is 18.6 Å². The van der Waals surface area contributed by atoms with Gasteiger partial charge >= 0.3 is 5.97 Å². The van der Waals surface area contributed by atoms with Gasteiger partial charge in [0.1, 0.15) is 0 Å². The first-order valence-electron chi connectivity index (χ1n) is 4.94. The second kappa shape index (κ2) is 6.61. The second-order valence-electron chi connectivity index (χ2n) is 3.13. The predicted molar refractivity (Wildman–Crippen MR) is 68.2 cm³/mol. The lowest BCUT2D eigenvalue weighted by molar-refractivity contribution is -0.132. The molecule has 0 bridgehead atoms. The number of thioether (sulfide) groups is 1. The molecule has 0 fully saturated rings. The van der Waals surface area contributed by atoms with Crippen molar-refractivity contribution in [2.75, 3.05) is 5.75 Å². The van der Waals surface area contributed by atoms with Gasteiger partial charge in [0.2, 0.25) is 0 Å². The van der Waals surface area contributed by atoms with Crippen LogP contribution in [0.3, 0.4) is 0 Å². The summed E-state index contributed by atoms with van der Waals surface area (Å²) in [6.07, 6.45) is 2.27. The topological polar surface area (TPSA) is 37.3 Å². The zero-order chi connectivity index (χ0) is 12.0. The molecule has 1 N–H and O–H groups in total. The number of rotatable bonds is 5. The van der Waals surface area contributed by atoms with E-state index in [4.69, 9.17) is 16.7 Å². The minimum absolute atomic E-state index is 0.444. The summed E-state index contributed by atoms with van der Waals surface area (Å²) in [6, 6.07) is 7.53. The van der Waals surface area contributed by atoms with Crippen molar-refractivity contribution in [3.05, 3.63) is 40.9 Å². The van der Waals surface area contributed by atoms with Crippen molar-refractivity contribution in [2.24, 2.45) is 0 Å². The fraction of sp³-hybridized carbons (Fsp3) is 0.250. The lowest BCUT2D eigenvalue weighted by Crippen LogP contribution is -1.99. The maximum Gasteiger partial charge on any atom is 0.331 e. The predicted octanol–water partition coefficient (Wildman–Crippen LogP) is 3.85. The molecule has 1 aromatic rings. The molecular formula is C12H13ClO2S. The Labute approximate surface area is 104 Å². The highest BCUT2D eigenvalue weighted by molar-refractivity contribution is 7.99. The van der Waals surface area contributed by atoms with Crippen LogP contribution in [0.25, 0.3) is 0 Å². The van der Waals surface area contributed by atoms with Crippen LogP contribution >= 0.6 is 23.4 Å². The molecule has 0 saturated carbocycles. The Morgan fingerprint density at radius 1 is 1.50 bits per heavy atom. The van der Waals surface area contributed by atoms with Gasteiger partial charge in [-0.2, -0.15) is 0 Å². The van der Waals surface area contributed by atoms with Crippen LogP contribution in [0.4, 0.5) is 0 Å². The molecule has 0 aliphatic rings. The molecular weight excluding hydrogens is 244 g/mol. The Morgan fingerprint density at radius 3 is 2.75 bits per heavy atom. The quantitative estimate of drug-likeness (QED) is 0.642. The lowest BCUT2D eigenvalue weighted by atomic mass is 10.2. The van der Waals surface area contributed by atoms with Crippen LogP contribution in [-0.2, 0) is 4.79 Å². The fourth-order valence-electron chi connectivity index (χ4n) is 1.18. The number of hydrogen-bond donors (Lipinski definition) is 1. The average Bonchev–Trinajstić information content (AvgIpc) is 2.26. The van der Waals surface area contributed by atoms with E-state index in [9.17, 15) is 4.79 Å². The van der Waals surface area contributed by atoms with Crippen LogP contribution in [0.1, 0.15) is 13.3 Å². The van der Waals surface area contributed by atoms with Crippen molar-refractivity contribution in [3.63, 3.8) is 0 Å². The van der Waals surface area contributed by atoms with Gasteiger partial charge in [-0.15, -0.1) is 11.8 Å². The third kappa shape index (κ3) is 3.91. The smallest absolute Gasteiger partial charge is 0.331 e. The maximum absolute atomic E-state index is 10.7. The number of hydrogen-bond acceptors (Lipinski definition) is 2. The van der Waals surface area contributed by atoms with Gasteiger partial charge in [0.25, 0.3) is 0 Å². The summed E-state index contributed by atoms with van der Waals surface area (Å²) in [5.74, 6) is -0.221.